The fraction of sp³-hybridized carbons (Fsp3) is 0.389. The van der Waals surface area contributed by atoms with Crippen LogP contribution in [0.4, 0.5) is 24.8 Å². The second-order valence-corrected chi connectivity index (χ2v) is 7.83. The number of nitro benzene ring substituents is 1. The Morgan fingerprint density at radius 2 is 1.93 bits per heavy atom. The van der Waals surface area contributed by atoms with Crippen LogP contribution in [0.5, 0.6) is 0 Å². The second-order valence-electron chi connectivity index (χ2n) is 7.83. The number of hydrogen-bond donors (Lipinski definition) is 1. The van der Waals surface area contributed by atoms with E-state index in [2.05, 4.69) is 15.4 Å². The molecule has 0 saturated carbocycles. The lowest BCUT2D eigenvalue weighted by atomic mass is 9.72. The molecule has 11 heteroatoms. The lowest BCUT2D eigenvalue weighted by Gasteiger charge is -2.40. The average Bonchev–Trinajstić information content (AvgIpc) is 3.03. The fourth-order valence-electron chi connectivity index (χ4n) is 3.87. The van der Waals surface area contributed by atoms with Crippen LogP contribution in [0.25, 0.3) is 0 Å². The number of nitrogens with one attached hydrogen (secondary N) is 1. The van der Waals surface area contributed by atoms with Gasteiger partial charge in [0.05, 0.1) is 16.9 Å². The monoisotopic (exact) mass is 407 g/mol. The van der Waals surface area contributed by atoms with Crippen molar-refractivity contribution in [3.63, 3.8) is 0 Å². The van der Waals surface area contributed by atoms with Crippen LogP contribution < -0.4 is 5.32 Å². The number of nitrogens with zero attached hydrogens (tertiary/aromatic N) is 4. The highest BCUT2D eigenvalue weighted by Gasteiger charge is 2.47. The van der Waals surface area contributed by atoms with Gasteiger partial charge in [-0.3, -0.25) is 14.9 Å². The highest BCUT2D eigenvalue weighted by Crippen LogP contribution is 2.46. The van der Waals surface area contributed by atoms with Crippen LogP contribution in [-0.4, -0.2) is 25.5 Å². The zero-order valence-electron chi connectivity index (χ0n) is 15.4. The summed E-state index contributed by atoms with van der Waals surface area (Å²) in [5.41, 5.74) is 0.263. The van der Waals surface area contributed by atoms with Crippen LogP contribution in [0.2, 0.25) is 0 Å². The van der Waals surface area contributed by atoms with Crippen molar-refractivity contribution in [2.45, 2.75) is 32.5 Å². The molecule has 1 aliphatic carbocycles. The van der Waals surface area contributed by atoms with Gasteiger partial charge in [-0.25, -0.2) is 4.68 Å². The molecule has 0 unspecified atom stereocenters. The number of carbonyl (C=O) groups excluding carboxylic acids is 1. The van der Waals surface area contributed by atoms with E-state index in [4.69, 9.17) is 0 Å². The van der Waals surface area contributed by atoms with Crippen molar-refractivity contribution >= 4 is 17.4 Å². The van der Waals surface area contributed by atoms with Crippen molar-refractivity contribution in [2.75, 3.05) is 5.32 Å². The summed E-state index contributed by atoms with van der Waals surface area (Å²) in [6.45, 7) is 3.72. The summed E-state index contributed by atoms with van der Waals surface area (Å²) in [6.07, 6.45) is -2.72. The van der Waals surface area contributed by atoms with Crippen molar-refractivity contribution in [3.8, 4) is 0 Å². The predicted molar refractivity (Wildman–Crippen MR) is 94.9 cm³/mol. The topological polar surface area (TPSA) is 103 Å². The lowest BCUT2D eigenvalue weighted by Crippen LogP contribution is -2.42. The molecule has 1 N–H and O–H groups in total. The Balaban J connectivity index is 1.90. The number of nitro groups is 1. The van der Waals surface area contributed by atoms with Gasteiger partial charge < -0.3 is 5.32 Å². The Hall–Kier alpha value is -3.24. The highest BCUT2D eigenvalue weighted by molar-refractivity contribution is 5.88. The Morgan fingerprint density at radius 3 is 2.52 bits per heavy atom. The Bertz CT molecular complexity index is 1040. The van der Waals surface area contributed by atoms with Crippen molar-refractivity contribution in [2.24, 2.45) is 11.3 Å². The number of anilines is 1. The quantitative estimate of drug-likeness (QED) is 0.601. The van der Waals surface area contributed by atoms with E-state index in [1.807, 2.05) is 19.9 Å². The van der Waals surface area contributed by atoms with Crippen LogP contribution in [-0.2, 0) is 11.0 Å². The Labute approximate surface area is 162 Å². The SMILES string of the molecule is CC1(C)C=C2Nc3nc(C(F)(F)F)nn3[C@@H](c3ccc([N+](=O)[O-])cc3)[C@@H]2C(=O)C1. The minimum atomic E-state index is -4.76. The molecule has 0 radical (unpaired) electrons. The molecule has 1 aliphatic heterocycles. The maximum Gasteiger partial charge on any atom is 0.453 e. The van der Waals surface area contributed by atoms with Gasteiger partial charge in [0.2, 0.25) is 5.95 Å². The van der Waals surface area contributed by atoms with Gasteiger partial charge in [0, 0.05) is 24.3 Å². The van der Waals surface area contributed by atoms with Gasteiger partial charge in [0.25, 0.3) is 11.5 Å². The zero-order valence-corrected chi connectivity index (χ0v) is 15.4. The van der Waals surface area contributed by atoms with Crippen LogP contribution in [0.1, 0.15) is 37.7 Å². The van der Waals surface area contributed by atoms with E-state index in [-0.39, 0.29) is 23.8 Å². The molecule has 1 aromatic carbocycles. The Kier molecular flexibility index (Phi) is 4.03. The molecule has 0 amide bonds. The molecule has 2 heterocycles. The van der Waals surface area contributed by atoms with E-state index in [0.29, 0.717) is 11.3 Å². The number of alkyl halides is 3. The number of allylic oxidation sites excluding steroid dienone is 2. The van der Waals surface area contributed by atoms with Gasteiger partial charge in [-0.1, -0.05) is 32.1 Å². The average molecular weight is 407 g/mol. The van der Waals surface area contributed by atoms with Crippen LogP contribution >= 0.6 is 0 Å². The van der Waals surface area contributed by atoms with E-state index in [1.54, 1.807) is 0 Å². The number of hydrogen-bond acceptors (Lipinski definition) is 6. The maximum absolute atomic E-state index is 13.2. The first-order valence-electron chi connectivity index (χ1n) is 8.77. The standard InChI is InChI=1S/C18H16F3N5O3/c1-17(2)7-11-13(12(27)8-17)14(9-3-5-10(6-4-9)26(28)29)25-16(22-11)23-15(24-25)18(19,20)21/h3-7,13-14H,8H2,1-2H3,(H,22,23,24)/t13-,14-/m0/s1. The molecular formula is C18H16F3N5O3. The second kappa shape index (κ2) is 6.13. The number of halogens is 3. The number of ketones is 1. The largest absolute Gasteiger partial charge is 0.453 e. The third-order valence-corrected chi connectivity index (χ3v) is 5.02. The molecule has 8 nitrogen and oxygen atoms in total. The van der Waals surface area contributed by atoms with Gasteiger partial charge in [-0.15, -0.1) is 5.10 Å². The summed E-state index contributed by atoms with van der Waals surface area (Å²) >= 11 is 0. The summed E-state index contributed by atoms with van der Waals surface area (Å²) in [5.74, 6) is -2.40. The summed E-state index contributed by atoms with van der Waals surface area (Å²) in [7, 11) is 0. The van der Waals surface area contributed by atoms with Crippen molar-refractivity contribution in [1.29, 1.82) is 0 Å². The van der Waals surface area contributed by atoms with Crippen LogP contribution in [0.15, 0.2) is 36.0 Å². The van der Waals surface area contributed by atoms with E-state index >= 15 is 0 Å². The Morgan fingerprint density at radius 1 is 1.28 bits per heavy atom. The number of carbonyl (C=O) groups is 1. The van der Waals surface area contributed by atoms with Crippen molar-refractivity contribution in [3.05, 3.63) is 57.5 Å². The van der Waals surface area contributed by atoms with E-state index in [1.165, 1.54) is 24.3 Å². The third-order valence-electron chi connectivity index (χ3n) is 5.02. The first-order valence-corrected chi connectivity index (χ1v) is 8.77. The minimum absolute atomic E-state index is 0.131. The van der Waals surface area contributed by atoms with E-state index in [0.717, 1.165) is 4.68 Å². The zero-order chi connectivity index (χ0) is 21.1. The molecule has 29 heavy (non-hydrogen) atoms. The van der Waals surface area contributed by atoms with Gasteiger partial charge in [-0.05, 0) is 11.0 Å². The maximum atomic E-state index is 13.2. The summed E-state index contributed by atoms with van der Waals surface area (Å²) in [5, 5.41) is 17.4. The number of rotatable bonds is 2. The lowest BCUT2D eigenvalue weighted by molar-refractivity contribution is -0.384. The van der Waals surface area contributed by atoms with E-state index in [9.17, 15) is 28.1 Å². The number of non-ortho nitro benzene ring substituents is 1. The summed E-state index contributed by atoms with van der Waals surface area (Å²) < 4.78 is 40.6. The highest BCUT2D eigenvalue weighted by atomic mass is 19.4. The summed E-state index contributed by atoms with van der Waals surface area (Å²) in [4.78, 5) is 26.9. The number of aromatic nitrogens is 3. The van der Waals surface area contributed by atoms with Crippen LogP contribution in [0.3, 0.4) is 0 Å². The number of Topliss-reactive ketones (excluding diaryl/α,β-unsaturated/α-hetero) is 1. The molecule has 152 valence electrons. The molecule has 2 aromatic rings. The van der Waals surface area contributed by atoms with Crippen LogP contribution in [0, 0.1) is 21.4 Å². The first-order chi connectivity index (χ1) is 13.5. The predicted octanol–water partition coefficient (Wildman–Crippen LogP) is 3.72. The molecule has 1 aromatic heterocycles. The fourth-order valence-corrected chi connectivity index (χ4v) is 3.87. The van der Waals surface area contributed by atoms with Gasteiger partial charge in [0.15, 0.2) is 0 Å². The molecule has 2 atom stereocenters. The molecular weight excluding hydrogens is 391 g/mol. The summed E-state index contributed by atoms with van der Waals surface area (Å²) in [6, 6.07) is 4.46. The molecule has 2 aliphatic rings. The molecule has 0 fully saturated rings. The van der Waals surface area contributed by atoms with E-state index < -0.39 is 34.3 Å². The molecule has 0 spiro atoms. The minimum Gasteiger partial charge on any atom is -0.328 e. The van der Waals surface area contributed by atoms with Gasteiger partial charge in [0.1, 0.15) is 5.78 Å². The molecule has 0 bridgehead atoms. The number of benzene rings is 1. The third kappa shape index (κ3) is 3.26. The van der Waals surface area contributed by atoms with Gasteiger partial charge in [-0.2, -0.15) is 18.2 Å². The molecule has 4 rings (SSSR count). The smallest absolute Gasteiger partial charge is 0.328 e. The van der Waals surface area contributed by atoms with Crippen molar-refractivity contribution < 1.29 is 22.9 Å². The first kappa shape index (κ1) is 19.1. The van der Waals surface area contributed by atoms with Gasteiger partial charge >= 0.3 is 6.18 Å². The number of fused-ring (bicyclic) bond motifs is 2. The normalized spacial score (nSPS) is 22.9. The van der Waals surface area contributed by atoms with Crippen molar-refractivity contribution in [1.82, 2.24) is 14.8 Å². The molecule has 0 saturated heterocycles.